The Hall–Kier alpha value is -2.26. The summed E-state index contributed by atoms with van der Waals surface area (Å²) < 4.78 is 13.2. The lowest BCUT2D eigenvalue weighted by molar-refractivity contribution is -0.136. The average molecular weight is 388 g/mol. The third-order valence-corrected chi connectivity index (χ3v) is 5.68. The third-order valence-electron chi connectivity index (χ3n) is 5.68. The van der Waals surface area contributed by atoms with Crippen molar-refractivity contribution in [3.05, 3.63) is 29.7 Å². The Balaban J connectivity index is 1.32. The molecule has 28 heavy (non-hydrogen) atoms. The Bertz CT molecular complexity index is 808. The molecular weight excluding hydrogens is 360 g/mol. The van der Waals surface area contributed by atoms with Crippen molar-refractivity contribution in [1.82, 2.24) is 29.7 Å². The second kappa shape index (κ2) is 8.00. The first-order chi connectivity index (χ1) is 13.5. The minimum Gasteiger partial charge on any atom is -0.373 e. The molecule has 0 saturated carbocycles. The lowest BCUT2D eigenvalue weighted by atomic mass is 9.87. The predicted octanol–water partition coefficient (Wildman–Crippen LogP) is 1.38. The van der Waals surface area contributed by atoms with E-state index in [9.17, 15) is 4.79 Å². The summed E-state index contributed by atoms with van der Waals surface area (Å²) in [6.07, 6.45) is 6.21. The first kappa shape index (κ1) is 19.1. The Morgan fingerprint density at radius 2 is 2.04 bits per heavy atom. The van der Waals surface area contributed by atoms with Gasteiger partial charge >= 0.3 is 0 Å². The Labute approximate surface area is 164 Å². The molecule has 0 atom stereocenters. The van der Waals surface area contributed by atoms with Crippen molar-refractivity contribution in [1.29, 1.82) is 0 Å². The zero-order chi connectivity index (χ0) is 19.6. The van der Waals surface area contributed by atoms with Crippen LogP contribution in [0.25, 0.3) is 0 Å². The Kier molecular flexibility index (Phi) is 5.45. The summed E-state index contributed by atoms with van der Waals surface area (Å²) in [6.45, 7) is 8.96. The van der Waals surface area contributed by atoms with Gasteiger partial charge in [0.05, 0.1) is 31.4 Å². The second-order valence-electron chi connectivity index (χ2n) is 7.73. The summed E-state index contributed by atoms with van der Waals surface area (Å²) in [4.78, 5) is 21.2. The zero-order valence-electron chi connectivity index (χ0n) is 16.6. The first-order valence-electron chi connectivity index (χ1n) is 10.00. The van der Waals surface area contributed by atoms with Crippen molar-refractivity contribution >= 4 is 5.91 Å². The van der Waals surface area contributed by atoms with E-state index >= 15 is 0 Å². The van der Waals surface area contributed by atoms with Crippen molar-refractivity contribution in [2.75, 3.05) is 26.2 Å². The number of aryl methyl sites for hydroxylation is 2. The molecule has 0 N–H and O–H groups in total. The number of piperidine rings is 1. The van der Waals surface area contributed by atoms with E-state index in [-0.39, 0.29) is 11.5 Å². The van der Waals surface area contributed by atoms with Gasteiger partial charge < -0.3 is 14.2 Å². The number of carbonyl (C=O) groups excluding carboxylic acids is 1. The number of rotatable bonds is 5. The molecule has 2 fully saturated rings. The van der Waals surface area contributed by atoms with Gasteiger partial charge in [-0.1, -0.05) is 5.16 Å². The van der Waals surface area contributed by atoms with Crippen LogP contribution in [-0.4, -0.2) is 67.5 Å². The van der Waals surface area contributed by atoms with E-state index in [4.69, 9.17) is 9.26 Å². The van der Waals surface area contributed by atoms with Crippen LogP contribution < -0.4 is 0 Å². The van der Waals surface area contributed by atoms with Crippen LogP contribution in [0.4, 0.5) is 0 Å². The highest BCUT2D eigenvalue weighted by atomic mass is 16.5. The van der Waals surface area contributed by atoms with Gasteiger partial charge in [-0.25, -0.2) is 0 Å². The van der Waals surface area contributed by atoms with Crippen molar-refractivity contribution in [2.24, 2.45) is 0 Å². The quantitative estimate of drug-likeness (QED) is 0.764. The number of aromatic nitrogens is 4. The highest BCUT2D eigenvalue weighted by molar-refractivity contribution is 5.77. The number of hydrogen-bond acceptors (Lipinski definition) is 7. The van der Waals surface area contributed by atoms with E-state index in [0.29, 0.717) is 37.8 Å². The molecule has 2 aliphatic rings. The summed E-state index contributed by atoms with van der Waals surface area (Å²) in [5, 5.41) is 8.25. The van der Waals surface area contributed by atoms with Crippen molar-refractivity contribution < 1.29 is 14.1 Å². The van der Waals surface area contributed by atoms with Crippen LogP contribution in [0.5, 0.6) is 0 Å². The van der Waals surface area contributed by atoms with Gasteiger partial charge in [0.1, 0.15) is 0 Å². The molecule has 4 heterocycles. The van der Waals surface area contributed by atoms with Crippen LogP contribution in [-0.2, 0) is 29.2 Å². The molecule has 0 bridgehead atoms. The highest BCUT2D eigenvalue weighted by Crippen LogP contribution is 2.33. The molecule has 9 heteroatoms. The molecule has 1 spiro atoms. The van der Waals surface area contributed by atoms with Crippen LogP contribution >= 0.6 is 0 Å². The van der Waals surface area contributed by atoms with Gasteiger partial charge in [0.2, 0.25) is 11.8 Å². The van der Waals surface area contributed by atoms with Gasteiger partial charge in [-0.15, -0.1) is 0 Å². The smallest absolute Gasteiger partial charge is 0.225 e. The maximum atomic E-state index is 12.8. The minimum atomic E-state index is -0.344. The van der Waals surface area contributed by atoms with E-state index in [1.807, 2.05) is 10.9 Å². The van der Waals surface area contributed by atoms with E-state index < -0.39 is 0 Å². The van der Waals surface area contributed by atoms with Gasteiger partial charge in [-0.3, -0.25) is 14.4 Å². The predicted molar refractivity (Wildman–Crippen MR) is 100 cm³/mol. The van der Waals surface area contributed by atoms with Crippen molar-refractivity contribution in [3.8, 4) is 0 Å². The molecule has 0 aliphatic carbocycles. The summed E-state index contributed by atoms with van der Waals surface area (Å²) >= 11 is 0. The summed E-state index contributed by atoms with van der Waals surface area (Å²) in [5.41, 5.74) is 0.889. The molecule has 152 valence electrons. The second-order valence-corrected chi connectivity index (χ2v) is 7.73. The average Bonchev–Trinajstić information content (AvgIpc) is 3.28. The topological polar surface area (TPSA) is 89.5 Å². The molecule has 2 aromatic heterocycles. The molecule has 2 saturated heterocycles. The summed E-state index contributed by atoms with van der Waals surface area (Å²) in [5.74, 6) is 1.17. The first-order valence-corrected chi connectivity index (χ1v) is 10.00. The van der Waals surface area contributed by atoms with Crippen LogP contribution in [0.3, 0.4) is 0 Å². The molecule has 9 nitrogen and oxygen atoms in total. The fourth-order valence-electron chi connectivity index (χ4n) is 4.04. The molecule has 0 radical (unpaired) electrons. The SMILES string of the molecule is CCn1cc(CN2CCC3(CC2)CC(=O)N(Cc2noc(C)n2)CCO3)cn1. The normalized spacial score (nSPS) is 20.6. The number of carbonyl (C=O) groups is 1. The van der Waals surface area contributed by atoms with E-state index in [2.05, 4.69) is 33.3 Å². The monoisotopic (exact) mass is 388 g/mol. The van der Waals surface area contributed by atoms with Crippen molar-refractivity contribution in [3.63, 3.8) is 0 Å². The number of ether oxygens (including phenoxy) is 1. The molecule has 0 unspecified atom stereocenters. The van der Waals surface area contributed by atoms with Crippen LogP contribution in [0.1, 0.15) is 43.5 Å². The summed E-state index contributed by atoms with van der Waals surface area (Å²) in [7, 11) is 0. The van der Waals surface area contributed by atoms with Gasteiger partial charge in [-0.2, -0.15) is 10.1 Å². The molecule has 2 aromatic rings. The zero-order valence-corrected chi connectivity index (χ0v) is 16.6. The van der Waals surface area contributed by atoms with Gasteiger partial charge in [0, 0.05) is 51.4 Å². The third kappa shape index (κ3) is 4.25. The number of hydrogen-bond donors (Lipinski definition) is 0. The lowest BCUT2D eigenvalue weighted by Crippen LogP contribution is -2.47. The van der Waals surface area contributed by atoms with Crippen LogP contribution in [0.2, 0.25) is 0 Å². The lowest BCUT2D eigenvalue weighted by Gasteiger charge is -2.40. The van der Waals surface area contributed by atoms with Gasteiger partial charge in [0.15, 0.2) is 5.82 Å². The minimum absolute atomic E-state index is 0.109. The van der Waals surface area contributed by atoms with E-state index in [1.165, 1.54) is 5.56 Å². The number of nitrogens with zero attached hydrogens (tertiary/aromatic N) is 6. The molecule has 4 rings (SSSR count). The maximum Gasteiger partial charge on any atom is 0.225 e. The standard InChI is InChI=1S/C19H28N6O3/c1-3-25-13-16(11-20-25)12-23-6-4-19(5-7-23)10-18(26)24(8-9-27-19)14-17-21-15(2)28-22-17/h11,13H,3-10,12,14H2,1-2H3. The molecule has 2 aliphatic heterocycles. The molecule has 1 amide bonds. The number of likely N-dealkylation sites (tertiary alicyclic amines) is 1. The summed E-state index contributed by atoms with van der Waals surface area (Å²) in [6, 6.07) is 0. The Morgan fingerprint density at radius 1 is 1.21 bits per heavy atom. The Morgan fingerprint density at radius 3 is 2.71 bits per heavy atom. The van der Waals surface area contributed by atoms with Gasteiger partial charge in [-0.05, 0) is 19.8 Å². The van der Waals surface area contributed by atoms with Crippen LogP contribution in [0, 0.1) is 6.92 Å². The maximum absolute atomic E-state index is 12.8. The van der Waals surface area contributed by atoms with Crippen molar-refractivity contribution in [2.45, 2.75) is 58.3 Å². The highest BCUT2D eigenvalue weighted by Gasteiger charge is 2.40. The number of amides is 1. The van der Waals surface area contributed by atoms with Crippen LogP contribution in [0.15, 0.2) is 16.9 Å². The van der Waals surface area contributed by atoms with E-state index in [1.54, 1.807) is 11.8 Å². The van der Waals surface area contributed by atoms with E-state index in [0.717, 1.165) is 39.0 Å². The largest absolute Gasteiger partial charge is 0.373 e. The van der Waals surface area contributed by atoms with Gasteiger partial charge in [0.25, 0.3) is 0 Å². The fourth-order valence-corrected chi connectivity index (χ4v) is 4.04. The fraction of sp³-hybridized carbons (Fsp3) is 0.684. The molecule has 0 aromatic carbocycles. The molecular formula is C19H28N6O3.